The van der Waals surface area contributed by atoms with Crippen LogP contribution in [0.4, 0.5) is 0 Å². The van der Waals surface area contributed by atoms with Gasteiger partial charge in [-0.15, -0.1) is 0 Å². The summed E-state index contributed by atoms with van der Waals surface area (Å²) in [5.41, 5.74) is -0.447. The fourth-order valence-corrected chi connectivity index (χ4v) is 0.106. The van der Waals surface area contributed by atoms with Crippen LogP contribution < -0.4 is 0 Å². The van der Waals surface area contributed by atoms with E-state index >= 15 is 0 Å². The number of aliphatic hydroxyl groups is 4. The van der Waals surface area contributed by atoms with E-state index in [0.717, 1.165) is 0 Å². The third-order valence-corrected chi connectivity index (χ3v) is 0.665. The molecule has 4 heteroatoms. The van der Waals surface area contributed by atoms with Gasteiger partial charge in [-0.1, -0.05) is 6.58 Å². The fourth-order valence-electron chi connectivity index (χ4n) is 0.106. The summed E-state index contributed by atoms with van der Waals surface area (Å²) in [6.07, 6.45) is 0. The molecule has 0 unspecified atom stereocenters. The van der Waals surface area contributed by atoms with Gasteiger partial charge in [0.25, 0.3) is 0 Å². The first-order chi connectivity index (χ1) is 3.48. The zero-order valence-electron chi connectivity index (χ0n) is 4.20. The van der Waals surface area contributed by atoms with Crippen LogP contribution in [0.3, 0.4) is 0 Å². The van der Waals surface area contributed by atoms with Gasteiger partial charge in [0, 0.05) is 5.57 Å². The molecule has 0 aliphatic rings. The lowest BCUT2D eigenvalue weighted by Crippen LogP contribution is -2.30. The van der Waals surface area contributed by atoms with Crippen molar-refractivity contribution >= 4 is 0 Å². The Labute approximate surface area is 46.3 Å². The van der Waals surface area contributed by atoms with E-state index in [1.165, 1.54) is 0 Å². The summed E-state index contributed by atoms with van der Waals surface area (Å²) in [6.45, 7) is 2.30. The van der Waals surface area contributed by atoms with E-state index in [2.05, 4.69) is 6.58 Å². The molecule has 4 N–H and O–H groups in total. The second kappa shape index (κ2) is 2.23. The van der Waals surface area contributed by atoms with E-state index in [1.807, 2.05) is 0 Å². The molecule has 0 fully saturated rings. The Bertz CT molecular complexity index is 90.7. The largest absolute Gasteiger partial charge is 0.392 e. The minimum Gasteiger partial charge on any atom is -0.392 e. The van der Waals surface area contributed by atoms with Crippen LogP contribution in [0.5, 0.6) is 0 Å². The standard InChI is InChI=1S/C4H8O4/c1-3(2-5)4(6,7)8/h5-8H,1-2H2. The van der Waals surface area contributed by atoms with E-state index in [4.69, 9.17) is 20.4 Å². The molecule has 4 nitrogen and oxygen atoms in total. The molecule has 0 saturated heterocycles. The van der Waals surface area contributed by atoms with Crippen molar-refractivity contribution in [1.29, 1.82) is 0 Å². The van der Waals surface area contributed by atoms with Crippen molar-refractivity contribution < 1.29 is 20.4 Å². The monoisotopic (exact) mass is 120 g/mol. The first-order valence-electron chi connectivity index (χ1n) is 1.94. The summed E-state index contributed by atoms with van der Waals surface area (Å²) in [5, 5.41) is 32.5. The van der Waals surface area contributed by atoms with Crippen LogP contribution in [0.25, 0.3) is 0 Å². The number of hydrogen-bond donors (Lipinski definition) is 4. The van der Waals surface area contributed by atoms with Crippen LogP contribution in [-0.2, 0) is 0 Å². The molecule has 0 aliphatic carbocycles. The predicted molar refractivity (Wildman–Crippen MR) is 25.6 cm³/mol. The van der Waals surface area contributed by atoms with Gasteiger partial charge in [-0.25, -0.2) is 0 Å². The lowest BCUT2D eigenvalue weighted by Gasteiger charge is -2.13. The molecular formula is C4H8O4. The van der Waals surface area contributed by atoms with Crippen molar-refractivity contribution in [1.82, 2.24) is 0 Å². The smallest absolute Gasteiger partial charge is 0.302 e. The highest BCUT2D eigenvalue weighted by molar-refractivity contribution is 5.00. The molecule has 0 aromatic heterocycles. The maximum Gasteiger partial charge on any atom is 0.302 e. The zero-order valence-corrected chi connectivity index (χ0v) is 4.20. The van der Waals surface area contributed by atoms with Crippen LogP contribution in [0.15, 0.2) is 12.2 Å². The second-order valence-corrected chi connectivity index (χ2v) is 1.40. The van der Waals surface area contributed by atoms with Crippen LogP contribution in [0, 0.1) is 0 Å². The van der Waals surface area contributed by atoms with Crippen LogP contribution in [0.2, 0.25) is 0 Å². The molecule has 0 spiro atoms. The van der Waals surface area contributed by atoms with Crippen molar-refractivity contribution in [3.05, 3.63) is 12.2 Å². The SMILES string of the molecule is C=C(CO)C(O)(O)O. The maximum atomic E-state index is 8.14. The summed E-state index contributed by atoms with van der Waals surface area (Å²) >= 11 is 0. The highest BCUT2D eigenvalue weighted by atomic mass is 16.7. The minimum absolute atomic E-state index is 0.447. The van der Waals surface area contributed by atoms with Gasteiger partial charge >= 0.3 is 5.97 Å². The summed E-state index contributed by atoms with van der Waals surface area (Å²) in [7, 11) is 0. The minimum atomic E-state index is -2.94. The van der Waals surface area contributed by atoms with E-state index in [1.54, 1.807) is 0 Å². The van der Waals surface area contributed by atoms with Gasteiger partial charge in [0.15, 0.2) is 0 Å². The highest BCUT2D eigenvalue weighted by Gasteiger charge is 2.21. The molecule has 0 bridgehead atoms. The normalized spacial score (nSPS) is 11.5. The highest BCUT2D eigenvalue weighted by Crippen LogP contribution is 2.04. The molecule has 0 aliphatic heterocycles. The van der Waals surface area contributed by atoms with E-state index in [-0.39, 0.29) is 0 Å². The molecule has 0 radical (unpaired) electrons. The Kier molecular flexibility index (Phi) is 2.12. The quantitative estimate of drug-likeness (QED) is 0.255. The fraction of sp³-hybridized carbons (Fsp3) is 0.500. The van der Waals surface area contributed by atoms with Crippen molar-refractivity contribution in [3.63, 3.8) is 0 Å². The van der Waals surface area contributed by atoms with E-state index < -0.39 is 18.2 Å². The summed E-state index contributed by atoms with van der Waals surface area (Å²) in [4.78, 5) is 0. The van der Waals surface area contributed by atoms with Gasteiger partial charge in [-0.3, -0.25) is 0 Å². The first-order valence-corrected chi connectivity index (χ1v) is 1.94. The molecule has 0 aromatic carbocycles. The van der Waals surface area contributed by atoms with Crippen LogP contribution >= 0.6 is 0 Å². The molecule has 8 heavy (non-hydrogen) atoms. The molecule has 48 valence electrons. The first kappa shape index (κ1) is 7.58. The Morgan fingerprint density at radius 2 is 1.75 bits per heavy atom. The molecular weight excluding hydrogens is 112 g/mol. The van der Waals surface area contributed by atoms with Gasteiger partial charge < -0.3 is 20.4 Å². The van der Waals surface area contributed by atoms with Gasteiger partial charge in [-0.05, 0) is 0 Å². The molecule has 0 aromatic rings. The number of hydrogen-bond acceptors (Lipinski definition) is 4. The molecule has 0 amide bonds. The summed E-state index contributed by atoms with van der Waals surface area (Å²) in [5.74, 6) is -2.94. The average Bonchev–Trinajstić information content (AvgIpc) is 1.62. The van der Waals surface area contributed by atoms with E-state index in [0.29, 0.717) is 0 Å². The van der Waals surface area contributed by atoms with Crippen molar-refractivity contribution in [2.45, 2.75) is 5.97 Å². The molecule has 0 heterocycles. The van der Waals surface area contributed by atoms with Crippen molar-refractivity contribution in [2.75, 3.05) is 6.61 Å². The topological polar surface area (TPSA) is 80.9 Å². The van der Waals surface area contributed by atoms with Gasteiger partial charge in [0.1, 0.15) is 0 Å². The third kappa shape index (κ3) is 2.04. The predicted octanol–water partition coefficient (Wildman–Crippen LogP) is -1.83. The average molecular weight is 120 g/mol. The Hall–Kier alpha value is -0.420. The lowest BCUT2D eigenvalue weighted by atomic mass is 10.3. The lowest BCUT2D eigenvalue weighted by molar-refractivity contribution is -0.284. The molecule has 0 saturated carbocycles. The Morgan fingerprint density at radius 1 is 1.38 bits per heavy atom. The van der Waals surface area contributed by atoms with Gasteiger partial charge in [-0.2, -0.15) is 0 Å². The van der Waals surface area contributed by atoms with Crippen LogP contribution in [0.1, 0.15) is 0 Å². The van der Waals surface area contributed by atoms with Gasteiger partial charge in [0.2, 0.25) is 0 Å². The zero-order chi connectivity index (χ0) is 6.78. The third-order valence-electron chi connectivity index (χ3n) is 0.665. The summed E-state index contributed by atoms with van der Waals surface area (Å²) in [6, 6.07) is 0. The second-order valence-electron chi connectivity index (χ2n) is 1.40. The van der Waals surface area contributed by atoms with Crippen molar-refractivity contribution in [3.8, 4) is 0 Å². The van der Waals surface area contributed by atoms with Gasteiger partial charge in [0.05, 0.1) is 6.61 Å². The Balaban J connectivity index is 3.82. The van der Waals surface area contributed by atoms with Crippen molar-refractivity contribution in [2.24, 2.45) is 0 Å². The summed E-state index contributed by atoms with van der Waals surface area (Å²) < 4.78 is 0. The van der Waals surface area contributed by atoms with Crippen LogP contribution in [-0.4, -0.2) is 33.0 Å². The Morgan fingerprint density at radius 3 is 1.75 bits per heavy atom. The number of aliphatic hydroxyl groups excluding tert-OH is 1. The van der Waals surface area contributed by atoms with E-state index in [9.17, 15) is 0 Å². The molecule has 0 rings (SSSR count). The molecule has 0 atom stereocenters. The maximum absolute atomic E-state index is 8.14. The number of rotatable bonds is 2.